The first-order valence-electron chi connectivity index (χ1n) is 6.48. The number of hydrogen-bond donors (Lipinski definition) is 2. The average Bonchev–Trinajstić information content (AvgIpc) is 3.08. The Labute approximate surface area is 121 Å². The largest absolute Gasteiger partial charge is 0.493 e. The van der Waals surface area contributed by atoms with E-state index < -0.39 is 12.0 Å². The third-order valence-corrected chi connectivity index (χ3v) is 4.23. The molecule has 2 aromatic rings. The van der Waals surface area contributed by atoms with E-state index in [4.69, 9.17) is 4.74 Å². The molecule has 5 heteroatoms. The summed E-state index contributed by atoms with van der Waals surface area (Å²) in [6, 6.07) is 8.88. The topological polar surface area (TPSA) is 58.6 Å². The van der Waals surface area contributed by atoms with Crippen molar-refractivity contribution in [3.05, 3.63) is 51.7 Å². The quantitative estimate of drug-likeness (QED) is 0.888. The molecule has 0 aliphatic carbocycles. The lowest BCUT2D eigenvalue weighted by Gasteiger charge is -2.15. The van der Waals surface area contributed by atoms with Gasteiger partial charge in [0.2, 0.25) is 0 Å². The van der Waals surface area contributed by atoms with E-state index in [1.54, 1.807) is 11.3 Å². The fourth-order valence-corrected chi connectivity index (χ4v) is 3.01. The number of carboxylic acids is 1. The predicted molar refractivity (Wildman–Crippen MR) is 77.2 cm³/mol. The van der Waals surface area contributed by atoms with E-state index in [9.17, 15) is 9.90 Å². The van der Waals surface area contributed by atoms with E-state index in [0.29, 0.717) is 13.2 Å². The van der Waals surface area contributed by atoms with Gasteiger partial charge in [-0.3, -0.25) is 10.1 Å². The summed E-state index contributed by atoms with van der Waals surface area (Å²) in [7, 11) is 0. The molecule has 1 aromatic heterocycles. The molecule has 1 atom stereocenters. The van der Waals surface area contributed by atoms with Crippen LogP contribution in [-0.4, -0.2) is 17.7 Å². The molecule has 1 aliphatic rings. The number of fused-ring (bicyclic) bond motifs is 1. The number of carbonyl (C=O) groups is 1. The van der Waals surface area contributed by atoms with E-state index >= 15 is 0 Å². The van der Waals surface area contributed by atoms with Crippen LogP contribution in [0.15, 0.2) is 35.7 Å². The zero-order valence-corrected chi connectivity index (χ0v) is 11.7. The minimum atomic E-state index is -0.861. The van der Waals surface area contributed by atoms with Crippen LogP contribution in [0.25, 0.3) is 0 Å². The second kappa shape index (κ2) is 5.64. The van der Waals surface area contributed by atoms with Crippen molar-refractivity contribution in [1.82, 2.24) is 5.32 Å². The van der Waals surface area contributed by atoms with Crippen molar-refractivity contribution in [2.45, 2.75) is 19.0 Å². The molecule has 0 saturated carbocycles. The summed E-state index contributed by atoms with van der Waals surface area (Å²) < 4.78 is 5.45. The molecule has 0 saturated heterocycles. The number of nitrogens with one attached hydrogen (secondary N) is 1. The molecule has 1 unspecified atom stereocenters. The van der Waals surface area contributed by atoms with Gasteiger partial charge in [-0.1, -0.05) is 12.1 Å². The fourth-order valence-electron chi connectivity index (χ4n) is 2.35. The smallest absolute Gasteiger partial charge is 0.325 e. The average molecular weight is 289 g/mol. The van der Waals surface area contributed by atoms with Gasteiger partial charge in [0.15, 0.2) is 0 Å². The summed E-state index contributed by atoms with van der Waals surface area (Å²) in [6.45, 7) is 1.24. The lowest BCUT2D eigenvalue weighted by Crippen LogP contribution is -2.27. The highest BCUT2D eigenvalue weighted by atomic mass is 32.1. The molecular weight excluding hydrogens is 274 g/mol. The van der Waals surface area contributed by atoms with Gasteiger partial charge in [-0.25, -0.2) is 0 Å². The summed E-state index contributed by atoms with van der Waals surface area (Å²) in [5, 5.41) is 14.5. The van der Waals surface area contributed by atoms with E-state index in [1.807, 2.05) is 35.7 Å². The third-order valence-electron chi connectivity index (χ3n) is 3.35. The third kappa shape index (κ3) is 2.69. The van der Waals surface area contributed by atoms with Crippen molar-refractivity contribution in [2.75, 3.05) is 6.61 Å². The molecule has 0 spiro atoms. The van der Waals surface area contributed by atoms with Gasteiger partial charge < -0.3 is 9.84 Å². The summed E-state index contributed by atoms with van der Waals surface area (Å²) in [4.78, 5) is 12.6. The van der Waals surface area contributed by atoms with E-state index in [-0.39, 0.29) is 0 Å². The van der Waals surface area contributed by atoms with Crippen molar-refractivity contribution in [3.63, 3.8) is 0 Å². The Hall–Kier alpha value is -1.85. The van der Waals surface area contributed by atoms with Crippen LogP contribution in [0.2, 0.25) is 0 Å². The monoisotopic (exact) mass is 289 g/mol. The molecular formula is C15H15NO3S. The van der Waals surface area contributed by atoms with Crippen LogP contribution in [0.5, 0.6) is 5.75 Å². The van der Waals surface area contributed by atoms with Crippen molar-refractivity contribution < 1.29 is 14.6 Å². The predicted octanol–water partition coefficient (Wildman–Crippen LogP) is 2.60. The summed E-state index contributed by atoms with van der Waals surface area (Å²) in [5.74, 6) is 0.0107. The number of rotatable bonds is 5. The molecule has 0 fully saturated rings. The molecule has 0 bridgehead atoms. The normalized spacial score (nSPS) is 14.6. The van der Waals surface area contributed by atoms with Gasteiger partial charge in [-0.15, -0.1) is 11.3 Å². The highest BCUT2D eigenvalue weighted by molar-refractivity contribution is 7.09. The van der Waals surface area contributed by atoms with Gasteiger partial charge in [0, 0.05) is 17.8 Å². The Morgan fingerprint density at radius 1 is 1.45 bits per heavy atom. The SMILES string of the molecule is O=C(O)C(NCc1cccs1)c1ccc2c(c1)CCO2. The molecule has 20 heavy (non-hydrogen) atoms. The van der Waals surface area contributed by atoms with Crippen LogP contribution in [0.3, 0.4) is 0 Å². The van der Waals surface area contributed by atoms with Gasteiger partial charge in [0.1, 0.15) is 11.8 Å². The van der Waals surface area contributed by atoms with Gasteiger partial charge in [-0.2, -0.15) is 0 Å². The van der Waals surface area contributed by atoms with Crippen molar-refractivity contribution in [1.29, 1.82) is 0 Å². The Kier molecular flexibility index (Phi) is 3.71. The summed E-state index contributed by atoms with van der Waals surface area (Å²) in [5.41, 5.74) is 1.87. The van der Waals surface area contributed by atoms with Crippen LogP contribution < -0.4 is 10.1 Å². The Balaban J connectivity index is 1.78. The molecule has 0 amide bonds. The molecule has 1 aromatic carbocycles. The maximum absolute atomic E-state index is 11.5. The lowest BCUT2D eigenvalue weighted by molar-refractivity contribution is -0.139. The zero-order valence-electron chi connectivity index (χ0n) is 10.8. The Morgan fingerprint density at radius 3 is 3.10 bits per heavy atom. The summed E-state index contributed by atoms with van der Waals surface area (Å²) >= 11 is 1.62. The Bertz CT molecular complexity index is 610. The minimum Gasteiger partial charge on any atom is -0.493 e. The van der Waals surface area contributed by atoms with Crippen LogP contribution >= 0.6 is 11.3 Å². The highest BCUT2D eigenvalue weighted by Crippen LogP contribution is 2.28. The second-order valence-electron chi connectivity index (χ2n) is 4.70. The first-order valence-corrected chi connectivity index (χ1v) is 7.36. The molecule has 2 heterocycles. The van der Waals surface area contributed by atoms with Crippen LogP contribution in [0.1, 0.15) is 22.0 Å². The van der Waals surface area contributed by atoms with Gasteiger partial charge in [-0.05, 0) is 34.7 Å². The number of benzene rings is 1. The van der Waals surface area contributed by atoms with Crippen LogP contribution in [0.4, 0.5) is 0 Å². The van der Waals surface area contributed by atoms with E-state index in [0.717, 1.165) is 28.2 Å². The number of aliphatic carboxylic acids is 1. The van der Waals surface area contributed by atoms with Crippen molar-refractivity contribution in [2.24, 2.45) is 0 Å². The molecule has 0 radical (unpaired) electrons. The van der Waals surface area contributed by atoms with E-state index in [2.05, 4.69) is 5.32 Å². The highest BCUT2D eigenvalue weighted by Gasteiger charge is 2.22. The molecule has 3 rings (SSSR count). The number of hydrogen-bond acceptors (Lipinski definition) is 4. The van der Waals surface area contributed by atoms with Crippen LogP contribution in [0, 0.1) is 0 Å². The number of ether oxygens (including phenoxy) is 1. The van der Waals surface area contributed by atoms with E-state index in [1.165, 1.54) is 0 Å². The summed E-state index contributed by atoms with van der Waals surface area (Å²) in [6.07, 6.45) is 0.848. The Morgan fingerprint density at radius 2 is 2.35 bits per heavy atom. The van der Waals surface area contributed by atoms with Crippen molar-refractivity contribution >= 4 is 17.3 Å². The van der Waals surface area contributed by atoms with Crippen molar-refractivity contribution in [3.8, 4) is 5.75 Å². The first kappa shape index (κ1) is 13.1. The molecule has 2 N–H and O–H groups in total. The lowest BCUT2D eigenvalue weighted by atomic mass is 10.0. The standard InChI is InChI=1S/C15H15NO3S/c17-15(18)14(16-9-12-2-1-7-20-12)11-3-4-13-10(8-11)5-6-19-13/h1-4,7-8,14,16H,5-6,9H2,(H,17,18). The van der Waals surface area contributed by atoms with Gasteiger partial charge in [0.05, 0.1) is 6.61 Å². The maximum Gasteiger partial charge on any atom is 0.325 e. The minimum absolute atomic E-state index is 0.558. The number of thiophene rings is 1. The van der Waals surface area contributed by atoms with Gasteiger partial charge in [0.25, 0.3) is 0 Å². The van der Waals surface area contributed by atoms with Crippen LogP contribution in [-0.2, 0) is 17.8 Å². The molecule has 104 valence electrons. The molecule has 4 nitrogen and oxygen atoms in total. The zero-order chi connectivity index (χ0) is 13.9. The first-order chi connectivity index (χ1) is 9.74. The second-order valence-corrected chi connectivity index (χ2v) is 5.73. The number of carboxylic acid groups (broad SMARTS) is 1. The maximum atomic E-state index is 11.5. The molecule has 1 aliphatic heterocycles. The fraction of sp³-hybridized carbons (Fsp3) is 0.267. The van der Waals surface area contributed by atoms with Gasteiger partial charge >= 0.3 is 5.97 Å².